The third kappa shape index (κ3) is 3.12. The summed E-state index contributed by atoms with van der Waals surface area (Å²) in [7, 11) is 1.97. The van der Waals surface area contributed by atoms with E-state index in [4.69, 9.17) is 11.6 Å². The smallest absolute Gasteiger partial charge is 0.164 e. The van der Waals surface area contributed by atoms with Crippen LogP contribution in [-0.2, 0) is 0 Å². The Kier molecular flexibility index (Phi) is 4.41. The first-order valence-electron chi connectivity index (χ1n) is 6.63. The van der Waals surface area contributed by atoms with E-state index >= 15 is 0 Å². The summed E-state index contributed by atoms with van der Waals surface area (Å²) in [6.45, 7) is 0. The summed E-state index contributed by atoms with van der Waals surface area (Å²) >= 11 is 5.93. The maximum atomic E-state index is 12.3. The van der Waals surface area contributed by atoms with Crippen LogP contribution in [0, 0.1) is 0 Å². The van der Waals surface area contributed by atoms with E-state index in [-0.39, 0.29) is 11.3 Å². The molecule has 1 aliphatic carbocycles. The van der Waals surface area contributed by atoms with Crippen LogP contribution in [0.4, 0.5) is 0 Å². The monoisotopic (exact) mass is 265 g/mol. The summed E-state index contributed by atoms with van der Waals surface area (Å²) in [6.07, 6.45) is 6.47. The van der Waals surface area contributed by atoms with Crippen molar-refractivity contribution in [2.45, 2.75) is 44.1 Å². The van der Waals surface area contributed by atoms with Gasteiger partial charge in [-0.1, -0.05) is 43.0 Å². The zero-order valence-electron chi connectivity index (χ0n) is 10.8. The van der Waals surface area contributed by atoms with Gasteiger partial charge in [-0.3, -0.25) is 4.79 Å². The molecule has 1 aromatic rings. The molecule has 0 radical (unpaired) electrons. The Morgan fingerprint density at radius 2 is 2.06 bits per heavy atom. The van der Waals surface area contributed by atoms with Gasteiger partial charge in [-0.15, -0.1) is 0 Å². The van der Waals surface area contributed by atoms with Crippen LogP contribution in [0.2, 0.25) is 5.02 Å². The first kappa shape index (κ1) is 13.6. The van der Waals surface area contributed by atoms with Gasteiger partial charge in [0.1, 0.15) is 0 Å². The number of carbonyl (C=O) groups excluding carboxylic acids is 1. The molecule has 1 aliphatic rings. The SMILES string of the molecule is CNC1(CC(=O)c2cccc(Cl)c2)CCCCC1. The van der Waals surface area contributed by atoms with E-state index in [1.54, 1.807) is 12.1 Å². The lowest BCUT2D eigenvalue weighted by Gasteiger charge is -2.36. The average Bonchev–Trinajstić information content (AvgIpc) is 2.40. The van der Waals surface area contributed by atoms with Gasteiger partial charge in [-0.05, 0) is 32.0 Å². The van der Waals surface area contributed by atoms with E-state index in [1.807, 2.05) is 19.2 Å². The first-order chi connectivity index (χ1) is 8.65. The fourth-order valence-electron chi connectivity index (χ4n) is 2.82. The van der Waals surface area contributed by atoms with Crippen LogP contribution >= 0.6 is 11.6 Å². The first-order valence-corrected chi connectivity index (χ1v) is 7.01. The fourth-order valence-corrected chi connectivity index (χ4v) is 3.01. The Morgan fingerprint density at radius 1 is 1.33 bits per heavy atom. The molecule has 3 heteroatoms. The molecule has 1 aromatic carbocycles. The number of rotatable bonds is 4. The van der Waals surface area contributed by atoms with E-state index in [2.05, 4.69) is 5.32 Å². The number of halogens is 1. The summed E-state index contributed by atoms with van der Waals surface area (Å²) in [5, 5.41) is 4.01. The summed E-state index contributed by atoms with van der Waals surface area (Å²) in [4.78, 5) is 12.3. The highest BCUT2D eigenvalue weighted by Gasteiger charge is 2.32. The topological polar surface area (TPSA) is 29.1 Å². The van der Waals surface area contributed by atoms with Gasteiger partial charge in [0.05, 0.1) is 0 Å². The molecule has 18 heavy (non-hydrogen) atoms. The number of hydrogen-bond acceptors (Lipinski definition) is 2. The molecule has 98 valence electrons. The predicted molar refractivity (Wildman–Crippen MR) is 75.3 cm³/mol. The minimum absolute atomic E-state index is 0.00233. The highest BCUT2D eigenvalue weighted by atomic mass is 35.5. The maximum absolute atomic E-state index is 12.3. The van der Waals surface area contributed by atoms with Crippen molar-refractivity contribution in [3.63, 3.8) is 0 Å². The van der Waals surface area contributed by atoms with Crippen molar-refractivity contribution in [2.75, 3.05) is 7.05 Å². The number of nitrogens with one attached hydrogen (secondary N) is 1. The molecule has 1 saturated carbocycles. The third-order valence-corrected chi connectivity index (χ3v) is 4.22. The second kappa shape index (κ2) is 5.85. The van der Waals surface area contributed by atoms with Crippen molar-refractivity contribution in [1.82, 2.24) is 5.32 Å². The van der Waals surface area contributed by atoms with Crippen molar-refractivity contribution in [3.05, 3.63) is 34.9 Å². The van der Waals surface area contributed by atoms with Gasteiger partial charge in [-0.25, -0.2) is 0 Å². The Morgan fingerprint density at radius 3 is 2.67 bits per heavy atom. The molecule has 2 nitrogen and oxygen atoms in total. The van der Waals surface area contributed by atoms with E-state index in [0.29, 0.717) is 11.4 Å². The average molecular weight is 266 g/mol. The van der Waals surface area contributed by atoms with Crippen molar-refractivity contribution in [1.29, 1.82) is 0 Å². The molecular formula is C15H20ClNO. The van der Waals surface area contributed by atoms with Crippen molar-refractivity contribution >= 4 is 17.4 Å². The summed E-state index contributed by atoms with van der Waals surface area (Å²) in [5.41, 5.74) is 0.722. The van der Waals surface area contributed by atoms with Gasteiger partial charge in [-0.2, -0.15) is 0 Å². The second-order valence-corrected chi connectivity index (χ2v) is 5.64. The van der Waals surface area contributed by atoms with E-state index in [9.17, 15) is 4.79 Å². The van der Waals surface area contributed by atoms with Gasteiger partial charge >= 0.3 is 0 Å². The lowest BCUT2D eigenvalue weighted by atomic mass is 9.77. The normalized spacial score (nSPS) is 18.6. The van der Waals surface area contributed by atoms with Gasteiger partial charge in [0.2, 0.25) is 0 Å². The standard InChI is InChI=1S/C15H20ClNO/c1-17-15(8-3-2-4-9-15)11-14(18)12-6-5-7-13(16)10-12/h5-7,10,17H,2-4,8-9,11H2,1H3. The molecular weight excluding hydrogens is 246 g/mol. The molecule has 0 saturated heterocycles. The van der Waals surface area contributed by atoms with Crippen molar-refractivity contribution in [3.8, 4) is 0 Å². The van der Waals surface area contributed by atoms with Crippen LogP contribution in [0.5, 0.6) is 0 Å². The molecule has 0 aliphatic heterocycles. The van der Waals surface area contributed by atoms with Gasteiger partial charge < -0.3 is 5.32 Å². The Bertz CT molecular complexity index is 424. The molecule has 0 atom stereocenters. The molecule has 0 aromatic heterocycles. The molecule has 0 spiro atoms. The number of Topliss-reactive ketones (excluding diaryl/α,β-unsaturated/α-hetero) is 1. The lowest BCUT2D eigenvalue weighted by molar-refractivity contribution is 0.0915. The van der Waals surface area contributed by atoms with Crippen molar-refractivity contribution < 1.29 is 4.79 Å². The van der Waals surface area contributed by atoms with Gasteiger partial charge in [0.15, 0.2) is 5.78 Å². The number of carbonyl (C=O) groups is 1. The van der Waals surface area contributed by atoms with Crippen LogP contribution in [0.1, 0.15) is 48.9 Å². The minimum Gasteiger partial charge on any atom is -0.314 e. The molecule has 0 unspecified atom stereocenters. The highest BCUT2D eigenvalue weighted by molar-refractivity contribution is 6.31. The Hall–Kier alpha value is -0.860. The molecule has 0 heterocycles. The van der Waals surface area contributed by atoms with Crippen molar-refractivity contribution in [2.24, 2.45) is 0 Å². The predicted octanol–water partition coefficient (Wildman–Crippen LogP) is 3.84. The third-order valence-electron chi connectivity index (χ3n) is 3.99. The number of benzene rings is 1. The van der Waals surface area contributed by atoms with Crippen LogP contribution in [0.15, 0.2) is 24.3 Å². The number of hydrogen-bond donors (Lipinski definition) is 1. The number of ketones is 1. The highest BCUT2D eigenvalue weighted by Crippen LogP contribution is 2.32. The molecule has 1 fully saturated rings. The van der Waals surface area contributed by atoms with Crippen LogP contribution in [-0.4, -0.2) is 18.4 Å². The fraction of sp³-hybridized carbons (Fsp3) is 0.533. The van der Waals surface area contributed by atoms with Gasteiger partial charge in [0, 0.05) is 22.5 Å². The van der Waals surface area contributed by atoms with Gasteiger partial charge in [0.25, 0.3) is 0 Å². The lowest BCUT2D eigenvalue weighted by Crippen LogP contribution is -2.46. The Labute approximate surface area is 114 Å². The molecule has 1 N–H and O–H groups in total. The van der Waals surface area contributed by atoms with Crippen LogP contribution in [0.25, 0.3) is 0 Å². The zero-order chi connectivity index (χ0) is 13.0. The summed E-state index contributed by atoms with van der Waals surface area (Å²) < 4.78 is 0. The zero-order valence-corrected chi connectivity index (χ0v) is 11.6. The molecule has 0 amide bonds. The van der Waals surface area contributed by atoms with Crippen LogP contribution < -0.4 is 5.32 Å². The second-order valence-electron chi connectivity index (χ2n) is 5.20. The minimum atomic E-state index is -0.00233. The maximum Gasteiger partial charge on any atom is 0.164 e. The quantitative estimate of drug-likeness (QED) is 0.838. The summed E-state index contributed by atoms with van der Waals surface area (Å²) in [6, 6.07) is 7.24. The van der Waals surface area contributed by atoms with E-state index < -0.39 is 0 Å². The molecule has 2 rings (SSSR count). The van der Waals surface area contributed by atoms with Crippen LogP contribution in [0.3, 0.4) is 0 Å². The van der Waals surface area contributed by atoms with E-state index in [1.165, 1.54) is 19.3 Å². The largest absolute Gasteiger partial charge is 0.314 e. The van der Waals surface area contributed by atoms with E-state index in [0.717, 1.165) is 18.4 Å². The molecule has 0 bridgehead atoms. The Balaban J connectivity index is 2.10. The summed E-state index contributed by atoms with van der Waals surface area (Å²) in [5.74, 6) is 0.189.